The van der Waals surface area contributed by atoms with Gasteiger partial charge in [-0.05, 0) is 114 Å². The maximum atomic E-state index is 14.1. The Hall–Kier alpha value is -3.23. The lowest BCUT2D eigenvalue weighted by Crippen LogP contribution is -2.51. The summed E-state index contributed by atoms with van der Waals surface area (Å²) < 4.78 is 11.4. The summed E-state index contributed by atoms with van der Waals surface area (Å²) >= 11 is 0. The van der Waals surface area contributed by atoms with Crippen molar-refractivity contribution in [3.8, 4) is 0 Å². The van der Waals surface area contributed by atoms with E-state index in [4.69, 9.17) is 9.47 Å². The van der Waals surface area contributed by atoms with Crippen LogP contribution in [0.5, 0.6) is 0 Å². The zero-order valence-electron chi connectivity index (χ0n) is 34.5. The maximum Gasteiger partial charge on any atom is 0.309 e. The van der Waals surface area contributed by atoms with Crippen LogP contribution >= 0.6 is 0 Å². The first-order valence-corrected chi connectivity index (χ1v) is 21.9. The number of Topliss-reactive ketones (excluding diaryl/α,β-unsaturated/α-hetero) is 1. The Labute approximate surface area is 330 Å². The van der Waals surface area contributed by atoms with Crippen LogP contribution in [0.25, 0.3) is 0 Å². The van der Waals surface area contributed by atoms with Crippen LogP contribution in [0, 0.1) is 47.3 Å². The Kier molecular flexibility index (Phi) is 15.8. The van der Waals surface area contributed by atoms with Crippen LogP contribution in [0.2, 0.25) is 0 Å². The van der Waals surface area contributed by atoms with Gasteiger partial charge < -0.3 is 20.1 Å². The summed E-state index contributed by atoms with van der Waals surface area (Å²) in [6, 6.07) is 9.49. The SMILES string of the molecule is CC[C@@H](C(=O)OCc1ccccc1)[C@H]1CCCC[C@H]1CC(=O)[C@@H]1CCCC1NC(=O)[C@H](CC)[C@H]1CCCC[C@H]1NC(=O)[C@@H]1CCC[C@H]1CC(=O)OC(C)(C)C. The topological polar surface area (TPSA) is 128 Å². The zero-order valence-corrected chi connectivity index (χ0v) is 34.5. The third kappa shape index (κ3) is 11.9. The van der Waals surface area contributed by atoms with Gasteiger partial charge in [-0.15, -0.1) is 0 Å². The summed E-state index contributed by atoms with van der Waals surface area (Å²) in [5.74, 6) is -0.797. The van der Waals surface area contributed by atoms with Crippen LogP contribution < -0.4 is 10.6 Å². The summed E-state index contributed by atoms with van der Waals surface area (Å²) in [4.78, 5) is 68.0. The van der Waals surface area contributed by atoms with Crippen molar-refractivity contribution in [2.24, 2.45) is 47.3 Å². The monoisotopic (exact) mass is 763 g/mol. The third-order valence-electron chi connectivity index (χ3n) is 13.5. The van der Waals surface area contributed by atoms with Gasteiger partial charge in [0.2, 0.25) is 11.8 Å². The number of ketones is 1. The van der Waals surface area contributed by atoms with Crippen molar-refractivity contribution in [2.75, 3.05) is 0 Å². The number of hydrogen-bond donors (Lipinski definition) is 2. The van der Waals surface area contributed by atoms with Gasteiger partial charge in [0.25, 0.3) is 0 Å². The molecule has 0 aromatic heterocycles. The molecule has 9 heteroatoms. The predicted octanol–water partition coefficient (Wildman–Crippen LogP) is 8.66. The van der Waals surface area contributed by atoms with Crippen molar-refractivity contribution >= 4 is 29.5 Å². The molecule has 55 heavy (non-hydrogen) atoms. The average Bonchev–Trinajstić information content (AvgIpc) is 3.82. The number of esters is 2. The Balaban J connectivity index is 1.17. The van der Waals surface area contributed by atoms with Crippen LogP contribution in [-0.4, -0.2) is 47.2 Å². The minimum atomic E-state index is -0.554. The Morgan fingerprint density at radius 2 is 1.29 bits per heavy atom. The Morgan fingerprint density at radius 3 is 2.00 bits per heavy atom. The average molecular weight is 763 g/mol. The van der Waals surface area contributed by atoms with E-state index in [0.29, 0.717) is 19.3 Å². The quantitative estimate of drug-likeness (QED) is 0.161. The lowest BCUT2D eigenvalue weighted by molar-refractivity contribution is -0.156. The molecule has 306 valence electrons. The van der Waals surface area contributed by atoms with Crippen molar-refractivity contribution in [1.82, 2.24) is 10.6 Å². The second-order valence-corrected chi connectivity index (χ2v) is 18.3. The number of carbonyl (C=O) groups is 5. The van der Waals surface area contributed by atoms with E-state index in [1.807, 2.05) is 51.1 Å². The van der Waals surface area contributed by atoms with Crippen LogP contribution in [0.1, 0.15) is 156 Å². The van der Waals surface area contributed by atoms with Gasteiger partial charge >= 0.3 is 11.9 Å². The Bertz CT molecular complexity index is 1440. The molecule has 5 rings (SSSR count). The molecule has 2 N–H and O–H groups in total. The maximum absolute atomic E-state index is 14.1. The number of benzene rings is 1. The molecule has 10 atom stereocenters. The number of nitrogens with one attached hydrogen (secondary N) is 2. The first-order valence-electron chi connectivity index (χ1n) is 21.9. The normalized spacial score (nSPS) is 29.5. The minimum absolute atomic E-state index is 0.00442. The van der Waals surface area contributed by atoms with Crippen molar-refractivity contribution in [1.29, 1.82) is 0 Å². The zero-order chi connectivity index (χ0) is 39.5. The molecule has 4 aliphatic carbocycles. The van der Waals surface area contributed by atoms with Gasteiger partial charge in [-0.25, -0.2) is 0 Å². The smallest absolute Gasteiger partial charge is 0.309 e. The second kappa shape index (κ2) is 20.3. The number of carbonyl (C=O) groups excluding carboxylic acids is 5. The standard InChI is InChI=1S/C46H70N2O7/c1-6-33(37-22-13-14-25-39(37)47-44(52)36-23-15-20-32(36)28-42(50)55-46(3,4)5)43(51)48-40-26-16-24-38(40)41(49)27-31-19-11-12-21-35(31)34(7-2)45(53)54-29-30-17-9-8-10-18-30/h8-10,17-18,31-40H,6-7,11-16,19-29H2,1-5H3,(H,47,52)(H,48,51)/t31-,32-,33+,34+,35-,36+,37+,38+,39+,40?/m0/s1. The van der Waals surface area contributed by atoms with Crippen LogP contribution in [0.3, 0.4) is 0 Å². The first-order chi connectivity index (χ1) is 26.4. The molecule has 0 bridgehead atoms. The highest BCUT2D eigenvalue weighted by molar-refractivity contribution is 5.85. The van der Waals surface area contributed by atoms with Crippen LogP contribution in [0.15, 0.2) is 30.3 Å². The largest absolute Gasteiger partial charge is 0.461 e. The van der Waals surface area contributed by atoms with E-state index in [1.165, 1.54) is 0 Å². The summed E-state index contributed by atoms with van der Waals surface area (Å²) in [5.41, 5.74) is 0.417. The third-order valence-corrected chi connectivity index (χ3v) is 13.5. The van der Waals surface area contributed by atoms with Gasteiger partial charge in [-0.2, -0.15) is 0 Å². The molecule has 1 unspecified atom stereocenters. The van der Waals surface area contributed by atoms with Crippen LogP contribution in [-0.2, 0) is 40.1 Å². The molecular formula is C46H70N2O7. The van der Waals surface area contributed by atoms with Gasteiger partial charge in [0, 0.05) is 42.7 Å². The van der Waals surface area contributed by atoms with Gasteiger partial charge in [-0.1, -0.05) is 82.7 Å². The fourth-order valence-corrected chi connectivity index (χ4v) is 10.7. The van der Waals surface area contributed by atoms with Crippen molar-refractivity contribution in [2.45, 2.75) is 174 Å². The van der Waals surface area contributed by atoms with Gasteiger partial charge in [0.15, 0.2) is 0 Å². The predicted molar refractivity (Wildman–Crippen MR) is 213 cm³/mol. The van der Waals surface area contributed by atoms with Gasteiger partial charge in [-0.3, -0.25) is 24.0 Å². The summed E-state index contributed by atoms with van der Waals surface area (Å²) in [6.07, 6.45) is 14.8. The van der Waals surface area contributed by atoms with E-state index in [2.05, 4.69) is 24.5 Å². The van der Waals surface area contributed by atoms with Gasteiger partial charge in [0.05, 0.1) is 5.92 Å². The molecular weight excluding hydrogens is 693 g/mol. The highest BCUT2D eigenvalue weighted by Crippen LogP contribution is 2.42. The fraction of sp³-hybridized carbons (Fsp3) is 0.761. The molecule has 0 spiro atoms. The summed E-state index contributed by atoms with van der Waals surface area (Å²) in [6.45, 7) is 9.96. The molecule has 1 aromatic carbocycles. The fourth-order valence-electron chi connectivity index (χ4n) is 10.7. The number of ether oxygens (including phenoxy) is 2. The molecule has 0 heterocycles. The molecule has 4 saturated carbocycles. The van der Waals surface area contributed by atoms with Crippen molar-refractivity contribution < 1.29 is 33.4 Å². The molecule has 4 fully saturated rings. The van der Waals surface area contributed by atoms with E-state index in [9.17, 15) is 24.0 Å². The minimum Gasteiger partial charge on any atom is -0.461 e. The Morgan fingerprint density at radius 1 is 0.673 bits per heavy atom. The number of amides is 2. The first kappa shape index (κ1) is 42.9. The second-order valence-electron chi connectivity index (χ2n) is 18.3. The number of hydrogen-bond acceptors (Lipinski definition) is 7. The van der Waals surface area contributed by atoms with Gasteiger partial charge in [0.1, 0.15) is 18.0 Å². The van der Waals surface area contributed by atoms with Crippen molar-refractivity contribution in [3.63, 3.8) is 0 Å². The molecule has 1 aromatic rings. The summed E-state index contributed by atoms with van der Waals surface area (Å²) in [5, 5.41) is 6.75. The van der Waals surface area contributed by atoms with E-state index in [1.54, 1.807) is 0 Å². The van der Waals surface area contributed by atoms with E-state index >= 15 is 0 Å². The van der Waals surface area contributed by atoms with Crippen molar-refractivity contribution in [3.05, 3.63) is 35.9 Å². The molecule has 9 nitrogen and oxygen atoms in total. The lowest BCUT2D eigenvalue weighted by atomic mass is 9.69. The summed E-state index contributed by atoms with van der Waals surface area (Å²) in [7, 11) is 0. The molecule has 0 saturated heterocycles. The highest BCUT2D eigenvalue weighted by Gasteiger charge is 2.43. The number of rotatable bonds is 16. The van der Waals surface area contributed by atoms with E-state index in [-0.39, 0.29) is 102 Å². The lowest BCUT2D eigenvalue weighted by Gasteiger charge is -2.38. The molecule has 2 amide bonds. The molecule has 0 radical (unpaired) electrons. The van der Waals surface area contributed by atoms with E-state index in [0.717, 1.165) is 95.5 Å². The van der Waals surface area contributed by atoms with E-state index < -0.39 is 5.60 Å². The molecule has 0 aliphatic heterocycles. The highest BCUT2D eigenvalue weighted by atomic mass is 16.6. The molecule has 4 aliphatic rings. The van der Waals surface area contributed by atoms with Crippen LogP contribution in [0.4, 0.5) is 0 Å².